The number of ether oxygens (including phenoxy) is 2. The standard InChI is InChI=1S/C16H17N4O3S.2C2H6O.K/c1-9-7-17-12(10(2)14(9)23-4)8-24(21)16-18-11-5-6-13(22-3)19-15(11)20-16;2*1-2-3;/h5-7H,8H2,1-4H3;2*3H,2H2,1H3;/q-1;;;+1. The summed E-state index contributed by atoms with van der Waals surface area (Å²) in [7, 11) is 1.72. The van der Waals surface area contributed by atoms with Crippen LogP contribution >= 0.6 is 0 Å². The van der Waals surface area contributed by atoms with E-state index in [1.807, 2.05) is 13.8 Å². The molecule has 0 saturated heterocycles. The monoisotopic (exact) mass is 476 g/mol. The molecule has 3 heterocycles. The molecule has 0 aliphatic heterocycles. The van der Waals surface area contributed by atoms with Crippen LogP contribution < -0.4 is 65.8 Å². The van der Waals surface area contributed by atoms with E-state index in [2.05, 4.69) is 19.9 Å². The van der Waals surface area contributed by atoms with Gasteiger partial charge in [-0.3, -0.25) is 9.19 Å². The first-order valence-electron chi connectivity index (χ1n) is 9.31. The molecular formula is C20H29KN4O5S. The van der Waals surface area contributed by atoms with Crippen LogP contribution in [0.15, 0.2) is 23.5 Å². The van der Waals surface area contributed by atoms with Gasteiger partial charge in [-0.25, -0.2) is 0 Å². The van der Waals surface area contributed by atoms with E-state index in [0.717, 1.165) is 16.9 Å². The largest absolute Gasteiger partial charge is 1.00 e. The molecule has 1 atom stereocenters. The maximum absolute atomic E-state index is 12.6. The molecule has 0 aliphatic carbocycles. The van der Waals surface area contributed by atoms with Crippen molar-refractivity contribution in [3.63, 3.8) is 0 Å². The molecule has 0 amide bonds. The van der Waals surface area contributed by atoms with E-state index < -0.39 is 10.8 Å². The minimum absolute atomic E-state index is 0. The topological polar surface area (TPSA) is 129 Å². The van der Waals surface area contributed by atoms with Crippen molar-refractivity contribution in [1.29, 1.82) is 0 Å². The summed E-state index contributed by atoms with van der Waals surface area (Å²) in [6, 6.07) is 3.44. The smallest absolute Gasteiger partial charge is 0.496 e. The maximum Gasteiger partial charge on any atom is 1.00 e. The Labute approximate surface area is 227 Å². The predicted octanol–water partition coefficient (Wildman–Crippen LogP) is -1.07. The summed E-state index contributed by atoms with van der Waals surface area (Å²) in [5.74, 6) is 1.42. The predicted molar refractivity (Wildman–Crippen MR) is 115 cm³/mol. The number of aliphatic hydroxyl groups is 2. The second-order valence-corrected chi connectivity index (χ2v) is 7.22. The van der Waals surface area contributed by atoms with Crippen molar-refractivity contribution in [2.24, 2.45) is 0 Å². The van der Waals surface area contributed by atoms with Crippen LogP contribution in [0.3, 0.4) is 0 Å². The second kappa shape index (κ2) is 15.8. The van der Waals surface area contributed by atoms with Crippen LogP contribution in [0.5, 0.6) is 11.6 Å². The number of pyridine rings is 2. The van der Waals surface area contributed by atoms with Crippen LogP contribution in [-0.2, 0) is 16.6 Å². The third kappa shape index (κ3) is 8.85. The van der Waals surface area contributed by atoms with Crippen molar-refractivity contribution in [2.75, 3.05) is 27.4 Å². The number of aromatic nitrogens is 4. The van der Waals surface area contributed by atoms with Gasteiger partial charge in [-0.15, -0.1) is 0 Å². The fourth-order valence-electron chi connectivity index (χ4n) is 2.43. The van der Waals surface area contributed by atoms with Crippen molar-refractivity contribution < 1.29 is 75.3 Å². The van der Waals surface area contributed by atoms with Gasteiger partial charge in [0.2, 0.25) is 0 Å². The van der Waals surface area contributed by atoms with E-state index in [0.29, 0.717) is 22.7 Å². The van der Waals surface area contributed by atoms with Crippen molar-refractivity contribution >= 4 is 22.0 Å². The van der Waals surface area contributed by atoms with Crippen LogP contribution in [0.25, 0.3) is 11.2 Å². The van der Waals surface area contributed by atoms with Gasteiger partial charge in [-0.1, -0.05) is 0 Å². The molecule has 3 aromatic heterocycles. The normalized spacial score (nSPS) is 10.7. The Hall–Kier alpha value is -0.924. The van der Waals surface area contributed by atoms with Crippen LogP contribution in [0.1, 0.15) is 30.7 Å². The van der Waals surface area contributed by atoms with Gasteiger partial charge in [0.15, 0.2) is 0 Å². The molecule has 31 heavy (non-hydrogen) atoms. The molecule has 0 fully saturated rings. The van der Waals surface area contributed by atoms with Gasteiger partial charge in [0.25, 0.3) is 0 Å². The molecule has 0 aromatic carbocycles. The minimum atomic E-state index is -1.42. The zero-order chi connectivity index (χ0) is 22.7. The third-order valence-corrected chi connectivity index (χ3v) is 4.80. The van der Waals surface area contributed by atoms with Crippen LogP contribution in [-0.4, -0.2) is 56.8 Å². The van der Waals surface area contributed by atoms with Crippen molar-refractivity contribution in [2.45, 2.75) is 38.6 Å². The molecule has 11 heteroatoms. The van der Waals surface area contributed by atoms with E-state index >= 15 is 0 Å². The summed E-state index contributed by atoms with van der Waals surface area (Å²) in [6.07, 6.45) is 1.72. The zero-order valence-corrected chi connectivity index (χ0v) is 23.1. The minimum Gasteiger partial charge on any atom is -0.496 e. The van der Waals surface area contributed by atoms with Crippen molar-refractivity contribution in [3.05, 3.63) is 35.2 Å². The number of rotatable bonds is 5. The number of hydrogen-bond donors (Lipinski definition) is 2. The molecule has 0 aliphatic rings. The first-order valence-corrected chi connectivity index (χ1v) is 10.6. The number of hydrogen-bond acceptors (Lipinski definition) is 8. The van der Waals surface area contributed by atoms with Crippen molar-refractivity contribution in [1.82, 2.24) is 19.9 Å². The molecule has 2 N–H and O–H groups in total. The number of imidazole rings is 1. The number of nitrogens with zero attached hydrogens (tertiary/aromatic N) is 4. The Morgan fingerprint density at radius 2 is 1.68 bits per heavy atom. The molecule has 3 aromatic rings. The maximum atomic E-state index is 12.6. The van der Waals surface area contributed by atoms with E-state index in [9.17, 15) is 4.21 Å². The number of aliphatic hydroxyl groups excluding tert-OH is 2. The summed E-state index contributed by atoms with van der Waals surface area (Å²) in [5.41, 5.74) is 3.53. The Morgan fingerprint density at radius 3 is 2.23 bits per heavy atom. The molecule has 166 valence electrons. The Balaban J connectivity index is 0.00000116. The van der Waals surface area contributed by atoms with Gasteiger partial charge in [0.05, 0.1) is 41.6 Å². The van der Waals surface area contributed by atoms with E-state index in [1.54, 1.807) is 39.3 Å². The third-order valence-electron chi connectivity index (χ3n) is 3.68. The molecule has 0 bridgehead atoms. The van der Waals surface area contributed by atoms with Crippen LogP contribution in [0, 0.1) is 13.8 Å². The molecule has 9 nitrogen and oxygen atoms in total. The molecular weight excluding hydrogens is 447 g/mol. The summed E-state index contributed by atoms with van der Waals surface area (Å²) >= 11 is 0. The average Bonchev–Trinajstić information content (AvgIpc) is 3.15. The van der Waals surface area contributed by atoms with Gasteiger partial charge in [0.1, 0.15) is 11.6 Å². The molecule has 0 radical (unpaired) electrons. The summed E-state index contributed by atoms with van der Waals surface area (Å²) in [6.45, 7) is 7.69. The summed E-state index contributed by atoms with van der Waals surface area (Å²) in [5, 5.41) is 15.4. The van der Waals surface area contributed by atoms with Gasteiger partial charge in [0, 0.05) is 41.7 Å². The first-order chi connectivity index (χ1) is 14.4. The van der Waals surface area contributed by atoms with Gasteiger partial charge in [-0.05, 0) is 39.8 Å². The number of fused-ring (bicyclic) bond motifs is 1. The zero-order valence-electron chi connectivity index (χ0n) is 19.2. The SMILES string of the molecule is CCO.CCO.COc1ccc2nc(S(=O)Cc3ncc(C)c(OC)c3C)[n-]c2n1.[K+]. The fraction of sp³-hybridized carbons (Fsp3) is 0.450. The second-order valence-electron chi connectivity index (χ2n) is 5.87. The number of aryl methyl sites for hydroxylation is 1. The average molecular weight is 477 g/mol. The Morgan fingerprint density at radius 1 is 1.06 bits per heavy atom. The summed E-state index contributed by atoms with van der Waals surface area (Å²) < 4.78 is 23.1. The molecule has 0 spiro atoms. The fourth-order valence-corrected chi connectivity index (χ4v) is 3.49. The van der Waals surface area contributed by atoms with Crippen molar-refractivity contribution in [3.8, 4) is 11.6 Å². The Bertz CT molecular complexity index is 966. The van der Waals surface area contributed by atoms with E-state index in [-0.39, 0.29) is 75.5 Å². The summed E-state index contributed by atoms with van der Waals surface area (Å²) in [4.78, 5) is 17.1. The van der Waals surface area contributed by atoms with Gasteiger partial charge in [-0.2, -0.15) is 0 Å². The molecule has 1 unspecified atom stereocenters. The van der Waals surface area contributed by atoms with Gasteiger partial charge >= 0.3 is 51.4 Å². The van der Waals surface area contributed by atoms with E-state index in [1.165, 1.54) is 7.11 Å². The molecule has 3 rings (SSSR count). The number of methoxy groups -OCH3 is 2. The van der Waals surface area contributed by atoms with Crippen LogP contribution in [0.2, 0.25) is 0 Å². The quantitative estimate of drug-likeness (QED) is 0.442. The Kier molecular flexibility index (Phi) is 15.3. The first kappa shape index (κ1) is 30.1. The van der Waals surface area contributed by atoms with Crippen LogP contribution in [0.4, 0.5) is 0 Å². The van der Waals surface area contributed by atoms with E-state index in [4.69, 9.17) is 19.7 Å². The molecule has 0 saturated carbocycles. The van der Waals surface area contributed by atoms with Gasteiger partial charge < -0.3 is 34.6 Å².